The Morgan fingerprint density at radius 1 is 1.21 bits per heavy atom. The number of hydrogen-bond donors (Lipinski definition) is 2. The Balaban J connectivity index is 1.83. The molecule has 100 valence electrons. The van der Waals surface area contributed by atoms with Crippen molar-refractivity contribution in [1.82, 2.24) is 5.32 Å². The van der Waals surface area contributed by atoms with Crippen molar-refractivity contribution in [2.24, 2.45) is 5.73 Å². The number of hydrogen-bond acceptors (Lipinski definition) is 3. The summed E-state index contributed by atoms with van der Waals surface area (Å²) in [6, 6.07) is 10.5. The molecule has 4 heteroatoms. The van der Waals surface area contributed by atoms with Gasteiger partial charge in [-0.1, -0.05) is 31.2 Å². The minimum Gasteiger partial charge on any atom is -0.366 e. The second kappa shape index (κ2) is 6.50. The fourth-order valence-electron chi connectivity index (χ4n) is 1.83. The summed E-state index contributed by atoms with van der Waals surface area (Å²) in [5.41, 5.74) is 8.44. The maximum absolute atomic E-state index is 11.0. The van der Waals surface area contributed by atoms with Gasteiger partial charge in [0.1, 0.15) is 0 Å². The van der Waals surface area contributed by atoms with E-state index < -0.39 is 0 Å². The number of aryl methyl sites for hydroxylation is 1. The van der Waals surface area contributed by atoms with Crippen molar-refractivity contribution in [3.63, 3.8) is 0 Å². The molecule has 0 bridgehead atoms. The third-order valence-corrected chi connectivity index (χ3v) is 3.93. The molecule has 0 unspecified atom stereocenters. The van der Waals surface area contributed by atoms with Crippen LogP contribution in [0.3, 0.4) is 0 Å². The first kappa shape index (κ1) is 13.8. The summed E-state index contributed by atoms with van der Waals surface area (Å²) in [6.07, 6.45) is 1.07. The molecule has 0 fully saturated rings. The van der Waals surface area contributed by atoms with Crippen molar-refractivity contribution in [3.05, 3.63) is 57.3 Å². The molecule has 1 aromatic carbocycles. The van der Waals surface area contributed by atoms with E-state index in [-0.39, 0.29) is 5.91 Å². The van der Waals surface area contributed by atoms with Crippen LogP contribution in [0.2, 0.25) is 0 Å². The van der Waals surface area contributed by atoms with Crippen LogP contribution in [0.4, 0.5) is 0 Å². The molecule has 2 aromatic rings. The third-order valence-electron chi connectivity index (χ3n) is 3.00. The number of thiophene rings is 1. The largest absolute Gasteiger partial charge is 0.366 e. The Labute approximate surface area is 117 Å². The number of nitrogens with one attached hydrogen (secondary N) is 1. The highest BCUT2D eigenvalue weighted by Crippen LogP contribution is 2.14. The Bertz CT molecular complexity index is 546. The van der Waals surface area contributed by atoms with Gasteiger partial charge in [-0.2, -0.15) is 0 Å². The second-order valence-electron chi connectivity index (χ2n) is 4.44. The number of nitrogens with two attached hydrogens (primary N) is 1. The van der Waals surface area contributed by atoms with Gasteiger partial charge >= 0.3 is 0 Å². The summed E-state index contributed by atoms with van der Waals surface area (Å²) in [4.78, 5) is 12.1. The van der Waals surface area contributed by atoms with Crippen LogP contribution in [0.5, 0.6) is 0 Å². The SMILES string of the molecule is CCc1ccc(CNCc2cc(C(N)=O)cs2)cc1. The van der Waals surface area contributed by atoms with Crippen molar-refractivity contribution < 1.29 is 4.79 Å². The highest BCUT2D eigenvalue weighted by molar-refractivity contribution is 7.10. The fourth-order valence-corrected chi connectivity index (χ4v) is 2.67. The maximum atomic E-state index is 11.0. The quantitative estimate of drug-likeness (QED) is 0.851. The van der Waals surface area contributed by atoms with E-state index in [1.54, 1.807) is 16.7 Å². The number of amides is 1. The lowest BCUT2D eigenvalue weighted by molar-refractivity contribution is 0.100. The van der Waals surface area contributed by atoms with Crippen LogP contribution in [0.1, 0.15) is 33.3 Å². The summed E-state index contributed by atoms with van der Waals surface area (Å²) in [5.74, 6) is -0.363. The van der Waals surface area contributed by atoms with Crippen molar-refractivity contribution in [1.29, 1.82) is 0 Å². The summed E-state index contributed by atoms with van der Waals surface area (Å²) in [6.45, 7) is 3.74. The Morgan fingerprint density at radius 3 is 2.47 bits per heavy atom. The van der Waals surface area contributed by atoms with Gasteiger partial charge in [0, 0.05) is 23.3 Å². The van der Waals surface area contributed by atoms with Crippen LogP contribution in [0, 0.1) is 0 Å². The van der Waals surface area contributed by atoms with E-state index in [9.17, 15) is 4.79 Å². The van der Waals surface area contributed by atoms with E-state index in [1.165, 1.54) is 11.1 Å². The average Bonchev–Trinajstić information content (AvgIpc) is 2.89. The zero-order chi connectivity index (χ0) is 13.7. The van der Waals surface area contributed by atoms with Crippen LogP contribution in [0.25, 0.3) is 0 Å². The van der Waals surface area contributed by atoms with Crippen molar-refractivity contribution >= 4 is 17.2 Å². The lowest BCUT2D eigenvalue weighted by Crippen LogP contribution is -2.12. The molecule has 3 N–H and O–H groups in total. The van der Waals surface area contributed by atoms with Crippen molar-refractivity contribution in [2.45, 2.75) is 26.4 Å². The van der Waals surface area contributed by atoms with Gasteiger partial charge in [-0.15, -0.1) is 11.3 Å². The van der Waals surface area contributed by atoms with E-state index in [4.69, 9.17) is 5.73 Å². The van der Waals surface area contributed by atoms with E-state index in [2.05, 4.69) is 36.5 Å². The standard InChI is InChI=1S/C15H18N2OS/c1-2-11-3-5-12(6-4-11)8-17-9-14-7-13(10-19-14)15(16)18/h3-7,10,17H,2,8-9H2,1H3,(H2,16,18). The van der Waals surface area contributed by atoms with Crippen LogP contribution >= 0.6 is 11.3 Å². The minimum absolute atomic E-state index is 0.363. The molecule has 19 heavy (non-hydrogen) atoms. The van der Waals surface area contributed by atoms with Crippen molar-refractivity contribution in [2.75, 3.05) is 0 Å². The highest BCUT2D eigenvalue weighted by Gasteiger charge is 2.04. The van der Waals surface area contributed by atoms with Gasteiger partial charge in [0.2, 0.25) is 5.91 Å². The van der Waals surface area contributed by atoms with Gasteiger partial charge in [-0.3, -0.25) is 4.79 Å². The van der Waals surface area contributed by atoms with Gasteiger partial charge in [-0.25, -0.2) is 0 Å². The predicted molar refractivity (Wildman–Crippen MR) is 79.2 cm³/mol. The first-order valence-electron chi connectivity index (χ1n) is 6.34. The molecule has 0 aliphatic rings. The van der Waals surface area contributed by atoms with Gasteiger partial charge in [0.05, 0.1) is 5.56 Å². The molecule has 1 heterocycles. The number of primary amides is 1. The number of carbonyl (C=O) groups excluding carboxylic acids is 1. The van der Waals surface area contributed by atoms with Gasteiger partial charge < -0.3 is 11.1 Å². The minimum atomic E-state index is -0.363. The normalized spacial score (nSPS) is 10.6. The van der Waals surface area contributed by atoms with Gasteiger partial charge in [0.15, 0.2) is 0 Å². The summed E-state index contributed by atoms with van der Waals surface area (Å²) in [5, 5.41) is 5.17. The molecular weight excluding hydrogens is 256 g/mol. The molecule has 0 aliphatic heterocycles. The predicted octanol–water partition coefficient (Wildman–Crippen LogP) is 2.70. The molecule has 0 aliphatic carbocycles. The topological polar surface area (TPSA) is 55.1 Å². The molecule has 2 rings (SSSR count). The summed E-state index contributed by atoms with van der Waals surface area (Å²) < 4.78 is 0. The Hall–Kier alpha value is -1.65. The molecule has 1 amide bonds. The first-order valence-corrected chi connectivity index (χ1v) is 7.22. The molecule has 0 saturated heterocycles. The molecule has 0 radical (unpaired) electrons. The fraction of sp³-hybridized carbons (Fsp3) is 0.267. The smallest absolute Gasteiger partial charge is 0.249 e. The van der Waals surface area contributed by atoms with Crippen LogP contribution < -0.4 is 11.1 Å². The molecule has 3 nitrogen and oxygen atoms in total. The molecule has 1 aromatic heterocycles. The maximum Gasteiger partial charge on any atom is 0.249 e. The first-order chi connectivity index (χ1) is 9.19. The van der Waals surface area contributed by atoms with Gasteiger partial charge in [-0.05, 0) is 23.6 Å². The molecular formula is C15H18N2OS. The number of carbonyl (C=O) groups is 1. The molecule has 0 atom stereocenters. The zero-order valence-corrected chi connectivity index (χ0v) is 11.8. The van der Waals surface area contributed by atoms with Crippen LogP contribution in [-0.4, -0.2) is 5.91 Å². The van der Waals surface area contributed by atoms with Crippen LogP contribution in [-0.2, 0) is 19.5 Å². The summed E-state index contributed by atoms with van der Waals surface area (Å²) in [7, 11) is 0. The average molecular weight is 274 g/mol. The van der Waals surface area contributed by atoms with Crippen molar-refractivity contribution in [3.8, 4) is 0 Å². The second-order valence-corrected chi connectivity index (χ2v) is 5.44. The highest BCUT2D eigenvalue weighted by atomic mass is 32.1. The third kappa shape index (κ3) is 3.91. The lowest BCUT2D eigenvalue weighted by Gasteiger charge is -2.04. The number of rotatable bonds is 6. The lowest BCUT2D eigenvalue weighted by atomic mass is 10.1. The monoisotopic (exact) mass is 274 g/mol. The zero-order valence-electron chi connectivity index (χ0n) is 11.0. The molecule has 0 spiro atoms. The van der Waals surface area contributed by atoms with E-state index in [0.29, 0.717) is 5.56 Å². The van der Waals surface area contributed by atoms with Crippen LogP contribution in [0.15, 0.2) is 35.7 Å². The Kier molecular flexibility index (Phi) is 4.71. The Morgan fingerprint density at radius 2 is 1.89 bits per heavy atom. The number of benzene rings is 1. The summed E-state index contributed by atoms with van der Waals surface area (Å²) >= 11 is 1.56. The van der Waals surface area contributed by atoms with E-state index >= 15 is 0 Å². The van der Waals surface area contributed by atoms with E-state index in [0.717, 1.165) is 24.4 Å². The molecule has 0 saturated carbocycles. The van der Waals surface area contributed by atoms with E-state index in [1.807, 2.05) is 6.07 Å². The van der Waals surface area contributed by atoms with Gasteiger partial charge in [0.25, 0.3) is 0 Å².